The van der Waals surface area contributed by atoms with E-state index in [4.69, 9.17) is 17.0 Å². The smallest absolute Gasteiger partial charge is 0.166 e. The van der Waals surface area contributed by atoms with E-state index in [1.54, 1.807) is 7.11 Å². The highest BCUT2D eigenvalue weighted by molar-refractivity contribution is 8.00. The van der Waals surface area contributed by atoms with E-state index in [1.807, 2.05) is 11.8 Å². The van der Waals surface area contributed by atoms with Crippen LogP contribution < -0.4 is 10.6 Å². The van der Waals surface area contributed by atoms with Crippen LogP contribution in [0.2, 0.25) is 0 Å². The Kier molecular flexibility index (Phi) is 6.31. The molecule has 0 amide bonds. The summed E-state index contributed by atoms with van der Waals surface area (Å²) in [7, 11) is 1.69. The van der Waals surface area contributed by atoms with Crippen LogP contribution >= 0.6 is 24.0 Å². The Hall–Kier alpha value is 0. The summed E-state index contributed by atoms with van der Waals surface area (Å²) in [6.45, 7) is 2.46. The van der Waals surface area contributed by atoms with Crippen molar-refractivity contribution in [3.05, 3.63) is 0 Å². The molecule has 0 saturated carbocycles. The fourth-order valence-electron chi connectivity index (χ4n) is 1.34. The number of hydrogen-bond donors (Lipinski definition) is 2. The summed E-state index contributed by atoms with van der Waals surface area (Å²) < 4.78 is 4.92. The van der Waals surface area contributed by atoms with Gasteiger partial charge in [0, 0.05) is 25.4 Å². The molecule has 5 heteroatoms. The fraction of sp³-hybridized carbons (Fsp3) is 0.889. The number of methoxy groups -OCH3 is 1. The molecular formula is C9H18N2OS2. The molecule has 0 spiro atoms. The van der Waals surface area contributed by atoms with Crippen molar-refractivity contribution in [3.63, 3.8) is 0 Å². The summed E-state index contributed by atoms with van der Waals surface area (Å²) in [6.07, 6.45) is 2.67. The maximum Gasteiger partial charge on any atom is 0.166 e. The van der Waals surface area contributed by atoms with Crippen LogP contribution in [0.1, 0.15) is 12.8 Å². The lowest BCUT2D eigenvalue weighted by Crippen LogP contribution is -2.39. The Morgan fingerprint density at radius 3 is 3.07 bits per heavy atom. The van der Waals surface area contributed by atoms with E-state index < -0.39 is 0 Å². The lowest BCUT2D eigenvalue weighted by atomic mass is 10.2. The van der Waals surface area contributed by atoms with Crippen molar-refractivity contribution in [1.29, 1.82) is 0 Å². The molecule has 1 rings (SSSR count). The van der Waals surface area contributed by atoms with Crippen molar-refractivity contribution in [2.24, 2.45) is 0 Å². The van der Waals surface area contributed by atoms with Crippen LogP contribution in [0.5, 0.6) is 0 Å². The van der Waals surface area contributed by atoms with Crippen molar-refractivity contribution < 1.29 is 4.74 Å². The molecular weight excluding hydrogens is 216 g/mol. The number of ether oxygens (including phenoxy) is 1. The third kappa shape index (κ3) is 5.02. The molecule has 2 N–H and O–H groups in total. The van der Waals surface area contributed by atoms with Crippen molar-refractivity contribution in [2.75, 3.05) is 32.6 Å². The Morgan fingerprint density at radius 1 is 1.57 bits per heavy atom. The van der Waals surface area contributed by atoms with Crippen molar-refractivity contribution >= 4 is 29.1 Å². The molecule has 0 radical (unpaired) electrons. The molecule has 1 saturated heterocycles. The predicted octanol–water partition coefficient (Wildman–Crippen LogP) is 0.992. The lowest BCUT2D eigenvalue weighted by Gasteiger charge is -2.13. The molecule has 0 aromatic carbocycles. The van der Waals surface area contributed by atoms with Crippen molar-refractivity contribution in [3.8, 4) is 0 Å². The number of thiocarbonyl (C=S) groups is 1. The molecule has 3 nitrogen and oxygen atoms in total. The zero-order chi connectivity index (χ0) is 10.2. The first-order chi connectivity index (χ1) is 6.83. The van der Waals surface area contributed by atoms with Gasteiger partial charge in [-0.1, -0.05) is 0 Å². The van der Waals surface area contributed by atoms with Gasteiger partial charge in [0.1, 0.15) is 0 Å². The third-order valence-corrected chi connectivity index (χ3v) is 3.79. The first-order valence-corrected chi connectivity index (χ1v) is 6.41. The second kappa shape index (κ2) is 7.31. The van der Waals surface area contributed by atoms with Gasteiger partial charge < -0.3 is 15.4 Å². The second-order valence-corrected chi connectivity index (χ2v) is 5.08. The average molecular weight is 234 g/mol. The van der Waals surface area contributed by atoms with E-state index in [1.165, 1.54) is 18.6 Å². The minimum atomic E-state index is 0.694. The van der Waals surface area contributed by atoms with Crippen molar-refractivity contribution in [2.45, 2.75) is 18.1 Å². The summed E-state index contributed by atoms with van der Waals surface area (Å²) >= 11 is 7.15. The van der Waals surface area contributed by atoms with Gasteiger partial charge in [0.25, 0.3) is 0 Å². The molecule has 1 unspecified atom stereocenters. The van der Waals surface area contributed by atoms with Crippen LogP contribution in [0.3, 0.4) is 0 Å². The molecule has 82 valence electrons. The third-order valence-electron chi connectivity index (χ3n) is 2.11. The average Bonchev–Trinajstić information content (AvgIpc) is 2.68. The Labute approximate surface area is 95.3 Å². The van der Waals surface area contributed by atoms with Gasteiger partial charge in [-0.05, 0) is 30.8 Å². The standard InChI is InChI=1S/C9H18N2OS2/c1-12-5-4-10-9(13)11-7-8-3-2-6-14-8/h8H,2-7H2,1H3,(H2,10,11,13). The zero-order valence-corrected chi connectivity index (χ0v) is 10.2. The molecule has 0 bridgehead atoms. The second-order valence-electron chi connectivity index (χ2n) is 3.26. The van der Waals surface area contributed by atoms with Crippen LogP contribution in [0.15, 0.2) is 0 Å². The van der Waals surface area contributed by atoms with E-state index in [2.05, 4.69) is 10.6 Å². The van der Waals surface area contributed by atoms with Crippen LogP contribution in [0.25, 0.3) is 0 Å². The van der Waals surface area contributed by atoms with Crippen LogP contribution in [0.4, 0.5) is 0 Å². The maximum atomic E-state index is 5.11. The van der Waals surface area contributed by atoms with Gasteiger partial charge >= 0.3 is 0 Å². The molecule has 1 aliphatic heterocycles. The predicted molar refractivity (Wildman–Crippen MR) is 66.0 cm³/mol. The van der Waals surface area contributed by atoms with Crippen molar-refractivity contribution in [1.82, 2.24) is 10.6 Å². The summed E-state index contributed by atoms with van der Waals surface area (Å²) in [5, 5.41) is 7.81. The summed E-state index contributed by atoms with van der Waals surface area (Å²) in [6, 6.07) is 0. The molecule has 0 aliphatic carbocycles. The minimum absolute atomic E-state index is 0.694. The molecule has 0 aromatic heterocycles. The number of rotatable bonds is 5. The minimum Gasteiger partial charge on any atom is -0.383 e. The van der Waals surface area contributed by atoms with Crippen LogP contribution in [0, 0.1) is 0 Å². The Balaban J connectivity index is 1.96. The first-order valence-electron chi connectivity index (χ1n) is 4.95. The van der Waals surface area contributed by atoms with E-state index in [-0.39, 0.29) is 0 Å². The van der Waals surface area contributed by atoms with E-state index in [0.29, 0.717) is 6.61 Å². The van der Waals surface area contributed by atoms with Gasteiger partial charge in [-0.3, -0.25) is 0 Å². The highest BCUT2D eigenvalue weighted by Gasteiger charge is 2.14. The highest BCUT2D eigenvalue weighted by atomic mass is 32.2. The molecule has 1 aliphatic rings. The molecule has 1 atom stereocenters. The molecule has 0 aromatic rings. The number of hydrogen-bond acceptors (Lipinski definition) is 3. The first kappa shape index (κ1) is 12.1. The monoisotopic (exact) mass is 234 g/mol. The normalized spacial score (nSPS) is 20.8. The SMILES string of the molecule is COCCNC(=S)NCC1CCCS1. The van der Waals surface area contributed by atoms with E-state index in [9.17, 15) is 0 Å². The molecule has 1 fully saturated rings. The van der Waals surface area contributed by atoms with Crippen LogP contribution in [-0.2, 0) is 4.74 Å². The van der Waals surface area contributed by atoms with Gasteiger partial charge in [-0.25, -0.2) is 0 Å². The fourth-order valence-corrected chi connectivity index (χ4v) is 2.73. The van der Waals surface area contributed by atoms with Gasteiger partial charge in [-0.2, -0.15) is 11.8 Å². The quantitative estimate of drug-likeness (QED) is 0.548. The van der Waals surface area contributed by atoms with E-state index in [0.717, 1.165) is 23.5 Å². The Bertz CT molecular complexity index is 172. The number of nitrogens with one attached hydrogen (secondary N) is 2. The molecule has 14 heavy (non-hydrogen) atoms. The highest BCUT2D eigenvalue weighted by Crippen LogP contribution is 2.25. The largest absolute Gasteiger partial charge is 0.383 e. The maximum absolute atomic E-state index is 5.11. The van der Waals surface area contributed by atoms with E-state index >= 15 is 0 Å². The summed E-state index contributed by atoms with van der Waals surface area (Å²) in [4.78, 5) is 0. The van der Waals surface area contributed by atoms with Gasteiger partial charge in [0.2, 0.25) is 0 Å². The molecule has 1 heterocycles. The van der Waals surface area contributed by atoms with Gasteiger partial charge in [0.15, 0.2) is 5.11 Å². The number of thioether (sulfide) groups is 1. The Morgan fingerprint density at radius 2 is 2.43 bits per heavy atom. The van der Waals surface area contributed by atoms with Gasteiger partial charge in [0.05, 0.1) is 6.61 Å². The van der Waals surface area contributed by atoms with Crippen LogP contribution in [-0.4, -0.2) is 42.9 Å². The summed E-state index contributed by atoms with van der Waals surface area (Å²) in [5.74, 6) is 1.30. The summed E-state index contributed by atoms with van der Waals surface area (Å²) in [5.41, 5.74) is 0. The zero-order valence-electron chi connectivity index (χ0n) is 8.54. The van der Waals surface area contributed by atoms with Gasteiger partial charge in [-0.15, -0.1) is 0 Å². The lowest BCUT2D eigenvalue weighted by molar-refractivity contribution is 0.204. The topological polar surface area (TPSA) is 33.3 Å².